The van der Waals surface area contributed by atoms with E-state index in [2.05, 4.69) is 149 Å². The van der Waals surface area contributed by atoms with Crippen LogP contribution < -0.4 is 4.90 Å². The van der Waals surface area contributed by atoms with Crippen molar-refractivity contribution in [1.82, 2.24) is 0 Å². The van der Waals surface area contributed by atoms with E-state index in [-0.39, 0.29) is 10.8 Å². The Morgan fingerprint density at radius 3 is 1.00 bits per heavy atom. The standard InChI is InChI=1S/C31H33N/c1-30(2,24-12-8-6-9-13-24)26-16-20-28(21-17-26)32(5)29-22-18-27(19-23-29)31(3,4)25-14-10-7-11-15-25/h6-23H,1-5H3. The van der Waals surface area contributed by atoms with Crippen molar-refractivity contribution in [3.63, 3.8) is 0 Å². The minimum atomic E-state index is -0.0248. The lowest BCUT2D eigenvalue weighted by Gasteiger charge is -2.28. The topological polar surface area (TPSA) is 3.24 Å². The van der Waals surface area contributed by atoms with Gasteiger partial charge in [0.1, 0.15) is 0 Å². The summed E-state index contributed by atoms with van der Waals surface area (Å²) in [5.41, 5.74) is 7.63. The van der Waals surface area contributed by atoms with Crippen molar-refractivity contribution in [1.29, 1.82) is 0 Å². The number of anilines is 2. The highest BCUT2D eigenvalue weighted by molar-refractivity contribution is 5.64. The third-order valence-corrected chi connectivity index (χ3v) is 6.94. The predicted octanol–water partition coefficient (Wildman–Crippen LogP) is 8.11. The molecule has 0 fully saturated rings. The molecule has 0 aromatic heterocycles. The Bertz CT molecular complexity index is 1040. The number of rotatable bonds is 6. The molecule has 0 heterocycles. The maximum absolute atomic E-state index is 2.29. The van der Waals surface area contributed by atoms with Crippen molar-refractivity contribution in [3.8, 4) is 0 Å². The molecule has 0 saturated carbocycles. The molecule has 0 unspecified atom stereocenters. The lowest BCUT2D eigenvalue weighted by atomic mass is 9.78. The van der Waals surface area contributed by atoms with Crippen LogP contribution >= 0.6 is 0 Å². The zero-order valence-electron chi connectivity index (χ0n) is 19.8. The van der Waals surface area contributed by atoms with Gasteiger partial charge in [-0.15, -0.1) is 0 Å². The Morgan fingerprint density at radius 2 is 0.688 bits per heavy atom. The summed E-state index contributed by atoms with van der Waals surface area (Å²) in [5, 5.41) is 0. The van der Waals surface area contributed by atoms with Gasteiger partial charge >= 0.3 is 0 Å². The predicted molar refractivity (Wildman–Crippen MR) is 138 cm³/mol. The van der Waals surface area contributed by atoms with E-state index in [1.807, 2.05) is 0 Å². The fourth-order valence-corrected chi connectivity index (χ4v) is 4.40. The summed E-state index contributed by atoms with van der Waals surface area (Å²) in [7, 11) is 2.13. The van der Waals surface area contributed by atoms with Crippen LogP contribution in [0.5, 0.6) is 0 Å². The lowest BCUT2D eigenvalue weighted by Crippen LogP contribution is -2.19. The molecule has 0 aliphatic carbocycles. The van der Waals surface area contributed by atoms with E-state index in [0.29, 0.717) is 0 Å². The van der Waals surface area contributed by atoms with Crippen molar-refractivity contribution < 1.29 is 0 Å². The van der Waals surface area contributed by atoms with Crippen molar-refractivity contribution in [2.24, 2.45) is 0 Å². The Balaban J connectivity index is 1.54. The van der Waals surface area contributed by atoms with E-state index >= 15 is 0 Å². The van der Waals surface area contributed by atoms with Gasteiger partial charge in [0.2, 0.25) is 0 Å². The molecule has 32 heavy (non-hydrogen) atoms. The van der Waals surface area contributed by atoms with Gasteiger partial charge in [-0.2, -0.15) is 0 Å². The van der Waals surface area contributed by atoms with Crippen LogP contribution in [-0.2, 0) is 10.8 Å². The second-order valence-corrected chi connectivity index (χ2v) is 9.63. The molecule has 0 aliphatic heterocycles. The second kappa shape index (κ2) is 8.67. The number of nitrogens with zero attached hydrogens (tertiary/aromatic N) is 1. The van der Waals surface area contributed by atoms with E-state index in [9.17, 15) is 0 Å². The maximum Gasteiger partial charge on any atom is 0.0408 e. The van der Waals surface area contributed by atoms with Crippen molar-refractivity contribution >= 4 is 11.4 Å². The molecule has 0 saturated heterocycles. The van der Waals surface area contributed by atoms with E-state index in [1.165, 1.54) is 33.6 Å². The number of hydrogen-bond acceptors (Lipinski definition) is 1. The summed E-state index contributed by atoms with van der Waals surface area (Å²) in [5.74, 6) is 0. The molecule has 4 aromatic rings. The quantitative estimate of drug-likeness (QED) is 0.305. The average Bonchev–Trinajstić information content (AvgIpc) is 2.85. The highest BCUT2D eigenvalue weighted by Crippen LogP contribution is 2.35. The molecule has 0 aliphatic rings. The van der Waals surface area contributed by atoms with E-state index in [0.717, 1.165) is 0 Å². The minimum absolute atomic E-state index is 0.0248. The van der Waals surface area contributed by atoms with Crippen LogP contribution in [0.2, 0.25) is 0 Å². The Hall–Kier alpha value is -3.32. The van der Waals surface area contributed by atoms with Gasteiger partial charge in [0, 0.05) is 29.3 Å². The van der Waals surface area contributed by atoms with Crippen LogP contribution in [0.25, 0.3) is 0 Å². The normalized spacial score (nSPS) is 11.9. The maximum atomic E-state index is 2.29. The number of hydrogen-bond donors (Lipinski definition) is 0. The lowest BCUT2D eigenvalue weighted by molar-refractivity contribution is 0.641. The van der Waals surface area contributed by atoms with Gasteiger partial charge in [-0.1, -0.05) is 113 Å². The molecule has 1 heteroatoms. The zero-order valence-corrected chi connectivity index (χ0v) is 19.8. The summed E-state index contributed by atoms with van der Waals surface area (Å²) in [6.45, 7) is 9.14. The van der Waals surface area contributed by atoms with E-state index in [4.69, 9.17) is 0 Å². The first-order valence-corrected chi connectivity index (χ1v) is 11.4. The molecule has 4 rings (SSSR count). The first-order chi connectivity index (χ1) is 15.3. The molecule has 0 N–H and O–H groups in total. The van der Waals surface area contributed by atoms with Crippen LogP contribution in [0.4, 0.5) is 11.4 Å². The second-order valence-electron chi connectivity index (χ2n) is 9.63. The van der Waals surface area contributed by atoms with Gasteiger partial charge in [-0.25, -0.2) is 0 Å². The summed E-state index contributed by atoms with van der Waals surface area (Å²) < 4.78 is 0. The SMILES string of the molecule is CN(c1ccc(C(C)(C)c2ccccc2)cc1)c1ccc(C(C)(C)c2ccccc2)cc1. The smallest absolute Gasteiger partial charge is 0.0408 e. The van der Waals surface area contributed by atoms with Gasteiger partial charge in [-0.05, 0) is 46.5 Å². The van der Waals surface area contributed by atoms with Crippen LogP contribution in [-0.4, -0.2) is 7.05 Å². The first kappa shape index (κ1) is 21.9. The largest absolute Gasteiger partial charge is 0.345 e. The average molecular weight is 420 g/mol. The van der Waals surface area contributed by atoms with Gasteiger partial charge in [0.05, 0.1) is 0 Å². The number of benzene rings is 4. The summed E-state index contributed by atoms with van der Waals surface area (Å²) in [6, 6.07) is 39.3. The highest BCUT2D eigenvalue weighted by Gasteiger charge is 2.24. The third-order valence-electron chi connectivity index (χ3n) is 6.94. The molecular formula is C31H33N. The van der Waals surface area contributed by atoms with Gasteiger partial charge < -0.3 is 4.90 Å². The fraction of sp³-hybridized carbons (Fsp3) is 0.226. The summed E-state index contributed by atoms with van der Waals surface area (Å²) >= 11 is 0. The van der Waals surface area contributed by atoms with Crippen molar-refractivity contribution in [2.75, 3.05) is 11.9 Å². The Morgan fingerprint density at radius 1 is 0.406 bits per heavy atom. The Labute approximate surface area is 193 Å². The molecule has 1 nitrogen and oxygen atoms in total. The van der Waals surface area contributed by atoms with E-state index in [1.54, 1.807) is 0 Å². The first-order valence-electron chi connectivity index (χ1n) is 11.4. The molecule has 0 atom stereocenters. The van der Waals surface area contributed by atoms with Gasteiger partial charge in [-0.3, -0.25) is 0 Å². The van der Waals surface area contributed by atoms with Crippen LogP contribution in [0, 0.1) is 0 Å². The third kappa shape index (κ3) is 4.21. The van der Waals surface area contributed by atoms with Crippen LogP contribution in [0.15, 0.2) is 109 Å². The molecule has 0 amide bonds. The highest BCUT2D eigenvalue weighted by atomic mass is 15.1. The van der Waals surface area contributed by atoms with Gasteiger partial charge in [0.25, 0.3) is 0 Å². The molecule has 0 bridgehead atoms. The molecule has 4 aromatic carbocycles. The minimum Gasteiger partial charge on any atom is -0.345 e. The summed E-state index contributed by atoms with van der Waals surface area (Å²) in [4.78, 5) is 2.25. The monoisotopic (exact) mass is 419 g/mol. The molecule has 0 spiro atoms. The van der Waals surface area contributed by atoms with Gasteiger partial charge in [0.15, 0.2) is 0 Å². The zero-order chi connectivity index (χ0) is 22.8. The van der Waals surface area contributed by atoms with Crippen LogP contribution in [0.1, 0.15) is 49.9 Å². The van der Waals surface area contributed by atoms with Crippen molar-refractivity contribution in [2.45, 2.75) is 38.5 Å². The molecule has 162 valence electrons. The molecule has 0 radical (unpaired) electrons. The Kier molecular flexibility index (Phi) is 5.93. The van der Waals surface area contributed by atoms with Crippen molar-refractivity contribution in [3.05, 3.63) is 131 Å². The molecular weight excluding hydrogens is 386 g/mol. The van der Waals surface area contributed by atoms with Crippen LogP contribution in [0.3, 0.4) is 0 Å². The summed E-state index contributed by atoms with van der Waals surface area (Å²) in [6.07, 6.45) is 0. The fourth-order valence-electron chi connectivity index (χ4n) is 4.40. The van der Waals surface area contributed by atoms with E-state index < -0.39 is 0 Å².